The predicted molar refractivity (Wildman–Crippen MR) is 46.6 cm³/mol. The second-order valence-electron chi connectivity index (χ2n) is 3.06. The van der Waals surface area contributed by atoms with Crippen LogP contribution in [0.5, 0.6) is 0 Å². The van der Waals surface area contributed by atoms with Crippen LogP contribution in [-0.4, -0.2) is 12.0 Å². The first-order chi connectivity index (χ1) is 5.97. The largest absolute Gasteiger partial charge is 1.00 e. The van der Waals surface area contributed by atoms with Crippen LogP contribution in [0.4, 0.5) is 12.9 Å². The van der Waals surface area contributed by atoms with E-state index in [-0.39, 0.29) is 57.8 Å². The second-order valence-corrected chi connectivity index (χ2v) is 3.06. The molecule has 72 valence electrons. The maximum absolute atomic E-state index is 11.9. The first-order valence-electron chi connectivity index (χ1n) is 4.10. The van der Waals surface area contributed by atoms with Crippen molar-refractivity contribution in [2.24, 2.45) is 0 Å². The van der Waals surface area contributed by atoms with Gasteiger partial charge in [-0.3, -0.25) is 4.98 Å². The van der Waals surface area contributed by atoms with Gasteiger partial charge in [0.1, 0.15) is 0 Å². The average molecular weight is 227 g/mol. The molecule has 0 saturated carbocycles. The minimum absolute atomic E-state index is 0. The molecule has 0 fully saturated rings. The van der Waals surface area contributed by atoms with Crippen LogP contribution >= 0.6 is 0 Å². The minimum atomic E-state index is -4.66. The van der Waals surface area contributed by atoms with Crippen LogP contribution in [0.3, 0.4) is 0 Å². The van der Waals surface area contributed by atoms with E-state index in [1.54, 1.807) is 19.1 Å². The summed E-state index contributed by atoms with van der Waals surface area (Å²) in [4.78, 5) is 3.92. The number of rotatable bonds is 3. The quantitative estimate of drug-likeness (QED) is 0.651. The number of halogens is 3. The summed E-state index contributed by atoms with van der Waals surface area (Å²) in [6.07, 6.45) is 0.818. The van der Waals surface area contributed by atoms with Gasteiger partial charge in [-0.25, -0.2) is 0 Å². The number of nitrogens with zero attached hydrogens (tertiary/aromatic N) is 1. The van der Waals surface area contributed by atoms with E-state index >= 15 is 0 Å². The zero-order chi connectivity index (χ0) is 9.90. The maximum atomic E-state index is 11.9. The predicted octanol–water partition coefficient (Wildman–Crippen LogP) is -0.216. The molecule has 0 aliphatic rings. The molecular formula is C8H10BF3KN. The van der Waals surface area contributed by atoms with Crippen LogP contribution in [0.1, 0.15) is 11.3 Å². The molecule has 0 spiro atoms. The van der Waals surface area contributed by atoms with Gasteiger partial charge in [0.25, 0.3) is 0 Å². The SMILES string of the molecule is Cc1ccc(CC[B-](F)(F)F)cn1.[K+]. The van der Waals surface area contributed by atoms with Gasteiger partial charge >= 0.3 is 58.4 Å². The van der Waals surface area contributed by atoms with Crippen LogP contribution in [0.15, 0.2) is 18.3 Å². The summed E-state index contributed by atoms with van der Waals surface area (Å²) in [6, 6.07) is 3.41. The molecule has 0 unspecified atom stereocenters. The van der Waals surface area contributed by atoms with Crippen molar-refractivity contribution in [2.75, 3.05) is 0 Å². The monoisotopic (exact) mass is 227 g/mol. The van der Waals surface area contributed by atoms with Gasteiger partial charge in [0.05, 0.1) is 0 Å². The third kappa shape index (κ3) is 6.19. The van der Waals surface area contributed by atoms with Gasteiger partial charge in [0.2, 0.25) is 0 Å². The summed E-state index contributed by atoms with van der Waals surface area (Å²) in [6.45, 7) is -2.86. The summed E-state index contributed by atoms with van der Waals surface area (Å²) < 4.78 is 35.6. The molecule has 1 rings (SSSR count). The van der Waals surface area contributed by atoms with Gasteiger partial charge in [0.15, 0.2) is 0 Å². The van der Waals surface area contributed by atoms with Crippen LogP contribution in [0, 0.1) is 6.92 Å². The van der Waals surface area contributed by atoms with Crippen molar-refractivity contribution in [1.29, 1.82) is 0 Å². The zero-order valence-electron chi connectivity index (χ0n) is 8.30. The first-order valence-corrected chi connectivity index (χ1v) is 4.10. The van der Waals surface area contributed by atoms with Gasteiger partial charge in [0, 0.05) is 11.9 Å². The summed E-state index contributed by atoms with van der Waals surface area (Å²) >= 11 is 0. The van der Waals surface area contributed by atoms with E-state index in [0.29, 0.717) is 5.56 Å². The Labute approximate surface area is 124 Å². The molecule has 0 aromatic carbocycles. The summed E-state index contributed by atoms with van der Waals surface area (Å²) in [7, 11) is 0. The summed E-state index contributed by atoms with van der Waals surface area (Å²) in [5.74, 6) is 0. The van der Waals surface area contributed by atoms with E-state index in [1.807, 2.05) is 0 Å². The molecule has 0 aliphatic heterocycles. The van der Waals surface area contributed by atoms with Crippen LogP contribution in [0.2, 0.25) is 6.32 Å². The fourth-order valence-corrected chi connectivity index (χ4v) is 0.977. The van der Waals surface area contributed by atoms with Crippen molar-refractivity contribution in [3.8, 4) is 0 Å². The van der Waals surface area contributed by atoms with Crippen LogP contribution in [0.25, 0.3) is 0 Å². The normalized spacial score (nSPS) is 10.9. The number of aromatic nitrogens is 1. The van der Waals surface area contributed by atoms with Crippen molar-refractivity contribution >= 4 is 6.98 Å². The van der Waals surface area contributed by atoms with Gasteiger partial charge in [-0.1, -0.05) is 18.8 Å². The Balaban J connectivity index is 0.00000169. The molecule has 1 aromatic heterocycles. The van der Waals surface area contributed by atoms with Crippen molar-refractivity contribution in [2.45, 2.75) is 19.7 Å². The van der Waals surface area contributed by atoms with Crippen LogP contribution in [-0.2, 0) is 6.42 Å². The maximum Gasteiger partial charge on any atom is 1.00 e. The van der Waals surface area contributed by atoms with E-state index < -0.39 is 13.3 Å². The molecule has 0 N–H and O–H groups in total. The molecule has 0 atom stereocenters. The third-order valence-electron chi connectivity index (χ3n) is 1.73. The Morgan fingerprint density at radius 2 is 1.93 bits per heavy atom. The molecule has 0 amide bonds. The zero-order valence-corrected chi connectivity index (χ0v) is 11.4. The van der Waals surface area contributed by atoms with Crippen molar-refractivity contribution in [3.05, 3.63) is 29.6 Å². The van der Waals surface area contributed by atoms with E-state index in [1.165, 1.54) is 6.20 Å². The Hall–Kier alpha value is 0.641. The Bertz CT molecular complexity index is 273. The fraction of sp³-hybridized carbons (Fsp3) is 0.375. The Morgan fingerprint density at radius 1 is 1.29 bits per heavy atom. The number of hydrogen-bond donors (Lipinski definition) is 0. The average Bonchev–Trinajstić information content (AvgIpc) is 2.02. The topological polar surface area (TPSA) is 12.9 Å². The van der Waals surface area contributed by atoms with Crippen molar-refractivity contribution in [1.82, 2.24) is 4.98 Å². The van der Waals surface area contributed by atoms with E-state index in [2.05, 4.69) is 4.98 Å². The standard InChI is InChI=1S/C8H10BF3N.K/c1-7-2-3-8(6-13-7)4-5-9(10,11)12;/h2-3,6H,4-5H2,1H3;/q-1;+1. The summed E-state index contributed by atoms with van der Waals surface area (Å²) in [5, 5.41) is 0. The molecule has 14 heavy (non-hydrogen) atoms. The molecule has 0 aliphatic carbocycles. The molecule has 6 heteroatoms. The number of pyridine rings is 1. The Kier molecular flexibility index (Phi) is 6.56. The van der Waals surface area contributed by atoms with Gasteiger partial charge in [-0.15, -0.1) is 0 Å². The van der Waals surface area contributed by atoms with Crippen molar-refractivity contribution in [3.63, 3.8) is 0 Å². The van der Waals surface area contributed by atoms with E-state index in [0.717, 1.165) is 5.69 Å². The smallest absolute Gasteiger partial charge is 0.449 e. The molecule has 0 radical (unpaired) electrons. The van der Waals surface area contributed by atoms with E-state index in [4.69, 9.17) is 0 Å². The molecule has 1 aromatic rings. The molecule has 0 bridgehead atoms. The van der Waals surface area contributed by atoms with Gasteiger partial charge in [-0.2, -0.15) is 0 Å². The minimum Gasteiger partial charge on any atom is -0.449 e. The molecule has 1 heterocycles. The number of aryl methyl sites for hydroxylation is 2. The Morgan fingerprint density at radius 3 is 2.36 bits per heavy atom. The fourth-order valence-electron chi connectivity index (χ4n) is 0.977. The third-order valence-corrected chi connectivity index (χ3v) is 1.73. The van der Waals surface area contributed by atoms with Gasteiger partial charge in [-0.05, 0) is 18.6 Å². The van der Waals surface area contributed by atoms with Crippen LogP contribution < -0.4 is 51.4 Å². The molecule has 0 saturated heterocycles. The summed E-state index contributed by atoms with van der Waals surface area (Å²) in [5.41, 5.74) is 1.46. The van der Waals surface area contributed by atoms with E-state index in [9.17, 15) is 12.9 Å². The molecule has 1 nitrogen and oxygen atoms in total. The second kappa shape index (κ2) is 6.27. The first kappa shape index (κ1) is 14.6. The number of hydrogen-bond acceptors (Lipinski definition) is 1. The van der Waals surface area contributed by atoms with Gasteiger partial charge < -0.3 is 12.9 Å². The van der Waals surface area contributed by atoms with Crippen molar-refractivity contribution < 1.29 is 64.3 Å². The molecular weight excluding hydrogens is 217 g/mol.